The van der Waals surface area contributed by atoms with Gasteiger partial charge in [0.25, 0.3) is 0 Å². The molecule has 0 aliphatic carbocycles. The fourth-order valence-corrected chi connectivity index (χ4v) is 1.94. The predicted molar refractivity (Wildman–Crippen MR) is 73.0 cm³/mol. The molecular formula is C14H17ClN2O. The fourth-order valence-electron chi connectivity index (χ4n) is 1.73. The average Bonchev–Trinajstić information content (AvgIpc) is 2.79. The van der Waals surface area contributed by atoms with E-state index in [0.717, 1.165) is 22.8 Å². The van der Waals surface area contributed by atoms with E-state index in [2.05, 4.69) is 17.2 Å². The number of likely N-dealkylation sites (N-methyl/N-ethyl adjacent to an activating group) is 1. The molecule has 4 heteroatoms. The molecule has 0 spiro atoms. The number of halogens is 1. The molecule has 0 radical (unpaired) electrons. The Kier molecular flexibility index (Phi) is 4.39. The maximum atomic E-state index is 6.11. The molecule has 1 atom stereocenters. The average molecular weight is 265 g/mol. The third-order valence-corrected chi connectivity index (χ3v) is 3.27. The first kappa shape index (κ1) is 13.1. The zero-order valence-electron chi connectivity index (χ0n) is 10.6. The lowest BCUT2D eigenvalue weighted by Gasteiger charge is -2.06. The molecule has 3 nitrogen and oxygen atoms in total. The summed E-state index contributed by atoms with van der Waals surface area (Å²) in [5.74, 6) is 1.61. The summed E-state index contributed by atoms with van der Waals surface area (Å²) in [6, 6.07) is 8.13. The van der Waals surface area contributed by atoms with Gasteiger partial charge in [-0.25, -0.2) is 4.98 Å². The fraction of sp³-hybridized carbons (Fsp3) is 0.357. The first-order valence-electron chi connectivity index (χ1n) is 6.03. The third-order valence-electron chi connectivity index (χ3n) is 2.90. The molecule has 1 aromatic heterocycles. The van der Waals surface area contributed by atoms with Crippen LogP contribution in [0.4, 0.5) is 0 Å². The summed E-state index contributed by atoms with van der Waals surface area (Å²) in [6.07, 6.45) is 3.26. The molecule has 1 aromatic carbocycles. The second kappa shape index (κ2) is 6.03. The van der Waals surface area contributed by atoms with E-state index in [9.17, 15) is 0 Å². The molecule has 0 saturated heterocycles. The van der Waals surface area contributed by atoms with Gasteiger partial charge in [0.05, 0.1) is 12.6 Å². The highest BCUT2D eigenvalue weighted by molar-refractivity contribution is 6.31. The topological polar surface area (TPSA) is 38.1 Å². The van der Waals surface area contributed by atoms with Gasteiger partial charge in [0.1, 0.15) is 5.76 Å². The Bertz CT molecular complexity index is 510. The number of rotatable bonds is 5. The number of hydrogen-bond donors (Lipinski definition) is 1. The van der Waals surface area contributed by atoms with Crippen LogP contribution in [0.1, 0.15) is 24.1 Å². The summed E-state index contributed by atoms with van der Waals surface area (Å²) in [7, 11) is 1.94. The van der Waals surface area contributed by atoms with E-state index < -0.39 is 0 Å². The van der Waals surface area contributed by atoms with Crippen LogP contribution in [0.25, 0.3) is 0 Å². The molecule has 2 rings (SSSR count). The molecule has 2 aromatic rings. The third kappa shape index (κ3) is 3.34. The molecule has 0 bridgehead atoms. The van der Waals surface area contributed by atoms with Crippen molar-refractivity contribution in [3.05, 3.63) is 52.7 Å². The van der Waals surface area contributed by atoms with Crippen LogP contribution in [0, 0.1) is 0 Å². The summed E-state index contributed by atoms with van der Waals surface area (Å²) < 4.78 is 5.71. The van der Waals surface area contributed by atoms with Gasteiger partial charge >= 0.3 is 0 Å². The monoisotopic (exact) mass is 264 g/mol. The maximum absolute atomic E-state index is 6.11. The molecule has 0 aliphatic heterocycles. The Balaban J connectivity index is 2.05. The van der Waals surface area contributed by atoms with Crippen LogP contribution in [-0.4, -0.2) is 18.1 Å². The van der Waals surface area contributed by atoms with Gasteiger partial charge in [0, 0.05) is 17.5 Å². The van der Waals surface area contributed by atoms with Crippen LogP contribution < -0.4 is 5.32 Å². The molecule has 1 N–H and O–H groups in total. The van der Waals surface area contributed by atoms with E-state index in [1.54, 1.807) is 6.20 Å². The van der Waals surface area contributed by atoms with Gasteiger partial charge < -0.3 is 9.73 Å². The first-order valence-corrected chi connectivity index (χ1v) is 6.41. The zero-order chi connectivity index (χ0) is 13.0. The van der Waals surface area contributed by atoms with Crippen LogP contribution in [-0.2, 0) is 12.8 Å². The number of hydrogen-bond acceptors (Lipinski definition) is 3. The molecule has 96 valence electrons. The van der Waals surface area contributed by atoms with E-state index in [4.69, 9.17) is 16.0 Å². The molecular weight excluding hydrogens is 248 g/mol. The lowest BCUT2D eigenvalue weighted by atomic mass is 10.1. The minimum Gasteiger partial charge on any atom is -0.445 e. The maximum Gasteiger partial charge on any atom is 0.198 e. The van der Waals surface area contributed by atoms with Crippen molar-refractivity contribution in [2.75, 3.05) is 7.05 Å². The second-order valence-electron chi connectivity index (χ2n) is 4.38. The van der Waals surface area contributed by atoms with Crippen molar-refractivity contribution in [3.8, 4) is 0 Å². The van der Waals surface area contributed by atoms with Gasteiger partial charge in [-0.3, -0.25) is 0 Å². The highest BCUT2D eigenvalue weighted by Crippen LogP contribution is 2.19. The van der Waals surface area contributed by atoms with E-state index in [0.29, 0.717) is 18.4 Å². The standard InChI is InChI=1S/C14H17ClN2O/c1-10(16-2)7-12-9-17-14(18-12)8-11-5-3-4-6-13(11)15/h3-6,9-10,16H,7-8H2,1-2H3. The summed E-state index contributed by atoms with van der Waals surface area (Å²) in [6.45, 7) is 2.11. The molecule has 1 unspecified atom stereocenters. The molecule has 1 heterocycles. The Morgan fingerprint density at radius 2 is 2.17 bits per heavy atom. The largest absolute Gasteiger partial charge is 0.445 e. The van der Waals surface area contributed by atoms with Crippen LogP contribution in [0.15, 0.2) is 34.9 Å². The van der Waals surface area contributed by atoms with E-state index in [-0.39, 0.29) is 0 Å². The lowest BCUT2D eigenvalue weighted by molar-refractivity contribution is 0.440. The predicted octanol–water partition coefficient (Wildman–Crippen LogP) is 3.07. The molecule has 0 amide bonds. The van der Waals surface area contributed by atoms with Crippen molar-refractivity contribution >= 4 is 11.6 Å². The van der Waals surface area contributed by atoms with Crippen LogP contribution >= 0.6 is 11.6 Å². The Morgan fingerprint density at radius 3 is 2.89 bits per heavy atom. The molecule has 18 heavy (non-hydrogen) atoms. The van der Waals surface area contributed by atoms with Crippen molar-refractivity contribution in [2.45, 2.75) is 25.8 Å². The van der Waals surface area contributed by atoms with Crippen LogP contribution in [0.2, 0.25) is 5.02 Å². The van der Waals surface area contributed by atoms with E-state index in [1.807, 2.05) is 31.3 Å². The molecule has 0 fully saturated rings. The van der Waals surface area contributed by atoms with Crippen LogP contribution in [0.5, 0.6) is 0 Å². The minimum atomic E-state index is 0.381. The summed E-state index contributed by atoms with van der Waals surface area (Å²) in [4.78, 5) is 4.29. The van der Waals surface area contributed by atoms with Gasteiger partial charge in [-0.1, -0.05) is 29.8 Å². The van der Waals surface area contributed by atoms with Crippen LogP contribution in [0.3, 0.4) is 0 Å². The zero-order valence-corrected chi connectivity index (χ0v) is 11.4. The van der Waals surface area contributed by atoms with Gasteiger partial charge in [-0.2, -0.15) is 0 Å². The second-order valence-corrected chi connectivity index (χ2v) is 4.79. The lowest BCUT2D eigenvalue weighted by Crippen LogP contribution is -2.23. The van der Waals surface area contributed by atoms with E-state index in [1.165, 1.54) is 0 Å². The van der Waals surface area contributed by atoms with E-state index >= 15 is 0 Å². The number of benzene rings is 1. The summed E-state index contributed by atoms with van der Waals surface area (Å²) in [5, 5.41) is 3.92. The first-order chi connectivity index (χ1) is 8.69. The Hall–Kier alpha value is -1.32. The quantitative estimate of drug-likeness (QED) is 0.902. The van der Waals surface area contributed by atoms with Crippen molar-refractivity contribution < 1.29 is 4.42 Å². The number of nitrogens with zero attached hydrogens (tertiary/aromatic N) is 1. The van der Waals surface area contributed by atoms with Crippen molar-refractivity contribution in [3.63, 3.8) is 0 Å². The van der Waals surface area contributed by atoms with Gasteiger partial charge in [0.2, 0.25) is 0 Å². The summed E-state index contributed by atoms with van der Waals surface area (Å²) in [5.41, 5.74) is 1.04. The van der Waals surface area contributed by atoms with Crippen molar-refractivity contribution in [1.82, 2.24) is 10.3 Å². The number of oxazole rings is 1. The molecule has 0 aliphatic rings. The van der Waals surface area contributed by atoms with Gasteiger partial charge in [-0.05, 0) is 25.6 Å². The normalized spacial score (nSPS) is 12.6. The summed E-state index contributed by atoms with van der Waals surface area (Å²) >= 11 is 6.11. The number of aromatic nitrogens is 1. The van der Waals surface area contributed by atoms with Gasteiger partial charge in [-0.15, -0.1) is 0 Å². The Morgan fingerprint density at radius 1 is 1.39 bits per heavy atom. The highest BCUT2D eigenvalue weighted by atomic mass is 35.5. The highest BCUT2D eigenvalue weighted by Gasteiger charge is 2.09. The smallest absolute Gasteiger partial charge is 0.198 e. The Labute approximate surface area is 112 Å². The van der Waals surface area contributed by atoms with Gasteiger partial charge in [0.15, 0.2) is 5.89 Å². The molecule has 0 saturated carbocycles. The SMILES string of the molecule is CNC(C)Cc1cnc(Cc2ccccc2Cl)o1. The van der Waals surface area contributed by atoms with Crippen molar-refractivity contribution in [1.29, 1.82) is 0 Å². The van der Waals surface area contributed by atoms with Crippen molar-refractivity contribution in [2.24, 2.45) is 0 Å². The minimum absolute atomic E-state index is 0.381. The number of nitrogens with one attached hydrogen (secondary N) is 1.